The van der Waals surface area contributed by atoms with Gasteiger partial charge in [-0.05, 0) is 44.2 Å². The van der Waals surface area contributed by atoms with E-state index in [-0.39, 0.29) is 17.4 Å². The number of amides is 2. The Labute approximate surface area is 187 Å². The van der Waals surface area contributed by atoms with Gasteiger partial charge >= 0.3 is 0 Å². The summed E-state index contributed by atoms with van der Waals surface area (Å²) in [6.45, 7) is 4.96. The molecule has 0 unspecified atom stereocenters. The van der Waals surface area contributed by atoms with Crippen LogP contribution in [0.4, 0.5) is 0 Å². The van der Waals surface area contributed by atoms with Gasteiger partial charge in [-0.1, -0.05) is 42.5 Å². The van der Waals surface area contributed by atoms with Crippen LogP contribution >= 0.6 is 0 Å². The van der Waals surface area contributed by atoms with Crippen molar-refractivity contribution in [1.82, 2.24) is 15.8 Å². The van der Waals surface area contributed by atoms with Gasteiger partial charge in [0.1, 0.15) is 11.5 Å². The number of hydrogen-bond donors (Lipinski definition) is 4. The first kappa shape index (κ1) is 22.8. The van der Waals surface area contributed by atoms with Crippen LogP contribution in [0.1, 0.15) is 51.7 Å². The van der Waals surface area contributed by atoms with Crippen LogP contribution in [0.15, 0.2) is 72.8 Å². The molecule has 3 aromatic carbocycles. The minimum absolute atomic E-state index is 0.0225. The molecule has 0 saturated heterocycles. The highest BCUT2D eigenvalue weighted by Gasteiger charge is 2.21. The lowest BCUT2D eigenvalue weighted by Crippen LogP contribution is -2.40. The predicted molar refractivity (Wildman–Crippen MR) is 122 cm³/mol. The number of rotatable bonds is 8. The van der Waals surface area contributed by atoms with E-state index in [1.165, 1.54) is 12.1 Å². The van der Waals surface area contributed by atoms with Gasteiger partial charge in [0.25, 0.3) is 11.8 Å². The number of carbonyl (C=O) groups is 2. The molecule has 0 spiro atoms. The Kier molecular flexibility index (Phi) is 7.46. The summed E-state index contributed by atoms with van der Waals surface area (Å²) in [6.07, 6.45) is 0. The molecule has 4 N–H and O–H groups in total. The van der Waals surface area contributed by atoms with Crippen molar-refractivity contribution in [3.63, 3.8) is 0 Å². The lowest BCUT2D eigenvalue weighted by Gasteiger charge is -2.22. The monoisotopic (exact) mass is 433 g/mol. The van der Waals surface area contributed by atoms with Gasteiger partial charge in [-0.2, -0.15) is 0 Å². The third-order valence-corrected chi connectivity index (χ3v) is 5.25. The maximum absolute atomic E-state index is 12.8. The van der Waals surface area contributed by atoms with E-state index in [0.717, 1.165) is 0 Å². The predicted octanol–water partition coefficient (Wildman–Crippen LogP) is 3.60. The molecular formula is C25H27N3O4. The minimum Gasteiger partial charge on any atom is -0.508 e. The molecule has 0 atom stereocenters. The van der Waals surface area contributed by atoms with Gasteiger partial charge in [0, 0.05) is 35.3 Å². The Morgan fingerprint density at radius 2 is 1.34 bits per heavy atom. The first-order chi connectivity index (χ1) is 15.5. The number of carbonyl (C=O) groups excluding carboxylic acids is 2. The van der Waals surface area contributed by atoms with E-state index in [4.69, 9.17) is 0 Å². The third-order valence-electron chi connectivity index (χ3n) is 5.25. The fourth-order valence-electron chi connectivity index (χ4n) is 3.48. The Bertz CT molecular complexity index is 1050. The summed E-state index contributed by atoms with van der Waals surface area (Å²) in [7, 11) is 0. The Morgan fingerprint density at radius 3 is 1.88 bits per heavy atom. The second-order valence-corrected chi connectivity index (χ2v) is 7.21. The van der Waals surface area contributed by atoms with Crippen LogP contribution in [0.25, 0.3) is 0 Å². The van der Waals surface area contributed by atoms with Crippen molar-refractivity contribution < 1.29 is 19.8 Å². The fourth-order valence-corrected chi connectivity index (χ4v) is 3.48. The first-order valence-electron chi connectivity index (χ1n) is 10.5. The molecular weight excluding hydrogens is 406 g/mol. The molecule has 3 rings (SSSR count). The molecule has 3 aromatic rings. The van der Waals surface area contributed by atoms with Crippen molar-refractivity contribution in [3.05, 3.63) is 95.1 Å². The molecule has 0 aliphatic heterocycles. The normalized spacial score (nSPS) is 10.7. The van der Waals surface area contributed by atoms with E-state index < -0.39 is 11.9 Å². The van der Waals surface area contributed by atoms with Gasteiger partial charge in [0.15, 0.2) is 0 Å². The van der Waals surface area contributed by atoms with Crippen LogP contribution in [-0.4, -0.2) is 40.0 Å². The number of phenolic OH excluding ortho intramolecular Hbond substituents is 2. The molecule has 32 heavy (non-hydrogen) atoms. The number of aromatic hydroxyl groups is 2. The molecule has 2 amide bonds. The van der Waals surface area contributed by atoms with Crippen LogP contribution in [-0.2, 0) is 0 Å². The molecule has 0 heterocycles. The molecule has 7 heteroatoms. The molecule has 166 valence electrons. The standard InChI is InChI=1S/C25H27N3O4/c1-3-28(4-2)25(32)18-11-9-10-17(16-18)24(31)27-26-23(19-12-5-7-14-21(19)29)20-13-6-8-15-22(20)30/h5-16,23,26,29-30H,3-4H2,1-2H3,(H,27,31). The average molecular weight is 434 g/mol. The number of benzene rings is 3. The summed E-state index contributed by atoms with van der Waals surface area (Å²) in [5, 5.41) is 20.7. The number of para-hydroxylation sites is 2. The number of phenols is 2. The molecule has 0 fully saturated rings. The Hall–Kier alpha value is -3.84. The highest BCUT2D eigenvalue weighted by molar-refractivity contribution is 5.99. The topological polar surface area (TPSA) is 102 Å². The maximum atomic E-state index is 12.8. The zero-order chi connectivity index (χ0) is 23.1. The van der Waals surface area contributed by atoms with Gasteiger partial charge < -0.3 is 15.1 Å². The summed E-state index contributed by atoms with van der Waals surface area (Å²) < 4.78 is 0. The third kappa shape index (κ3) is 5.07. The highest BCUT2D eigenvalue weighted by atomic mass is 16.3. The van der Waals surface area contributed by atoms with Crippen LogP contribution in [0.3, 0.4) is 0 Å². The van der Waals surface area contributed by atoms with Crippen LogP contribution in [0.5, 0.6) is 11.5 Å². The number of nitrogens with zero attached hydrogens (tertiary/aromatic N) is 1. The summed E-state index contributed by atoms with van der Waals surface area (Å²) in [5.41, 5.74) is 7.26. The van der Waals surface area contributed by atoms with Crippen LogP contribution < -0.4 is 10.9 Å². The lowest BCUT2D eigenvalue weighted by molar-refractivity contribution is 0.0773. The van der Waals surface area contributed by atoms with Crippen molar-refractivity contribution in [3.8, 4) is 11.5 Å². The number of nitrogens with one attached hydrogen (secondary N) is 2. The maximum Gasteiger partial charge on any atom is 0.265 e. The zero-order valence-electron chi connectivity index (χ0n) is 18.1. The average Bonchev–Trinajstić information content (AvgIpc) is 2.82. The summed E-state index contributed by atoms with van der Waals surface area (Å²) in [5.74, 6) is -0.544. The smallest absolute Gasteiger partial charge is 0.265 e. The highest BCUT2D eigenvalue weighted by Crippen LogP contribution is 2.33. The molecule has 0 bridgehead atoms. The van der Waals surface area contributed by atoms with Gasteiger partial charge in [-0.25, -0.2) is 5.43 Å². The van der Waals surface area contributed by atoms with E-state index in [9.17, 15) is 19.8 Å². The zero-order valence-corrected chi connectivity index (χ0v) is 18.1. The van der Waals surface area contributed by atoms with E-state index in [1.54, 1.807) is 65.6 Å². The number of hydrogen-bond acceptors (Lipinski definition) is 5. The van der Waals surface area contributed by atoms with Crippen molar-refractivity contribution >= 4 is 11.8 Å². The molecule has 0 aromatic heterocycles. The van der Waals surface area contributed by atoms with Crippen LogP contribution in [0.2, 0.25) is 0 Å². The Balaban J connectivity index is 1.84. The quantitative estimate of drug-likeness (QED) is 0.407. The van der Waals surface area contributed by atoms with Gasteiger partial charge in [-0.15, -0.1) is 0 Å². The van der Waals surface area contributed by atoms with E-state index in [0.29, 0.717) is 35.3 Å². The summed E-state index contributed by atoms with van der Waals surface area (Å²) >= 11 is 0. The fraction of sp³-hybridized carbons (Fsp3) is 0.200. The van der Waals surface area contributed by atoms with E-state index in [1.807, 2.05) is 13.8 Å². The molecule has 7 nitrogen and oxygen atoms in total. The lowest BCUT2D eigenvalue weighted by atomic mass is 9.97. The largest absolute Gasteiger partial charge is 0.508 e. The van der Waals surface area contributed by atoms with Crippen molar-refractivity contribution in [2.45, 2.75) is 19.9 Å². The van der Waals surface area contributed by atoms with Gasteiger partial charge in [0.2, 0.25) is 0 Å². The first-order valence-corrected chi connectivity index (χ1v) is 10.5. The van der Waals surface area contributed by atoms with Crippen LogP contribution in [0, 0.1) is 0 Å². The van der Waals surface area contributed by atoms with Crippen molar-refractivity contribution in [2.24, 2.45) is 0 Å². The van der Waals surface area contributed by atoms with E-state index in [2.05, 4.69) is 10.9 Å². The van der Waals surface area contributed by atoms with Gasteiger partial charge in [0.05, 0.1) is 6.04 Å². The SMILES string of the molecule is CCN(CC)C(=O)c1cccc(C(=O)NNC(c2ccccc2O)c2ccccc2O)c1. The summed E-state index contributed by atoms with van der Waals surface area (Å²) in [6, 6.07) is 19.2. The Morgan fingerprint density at radius 1 is 0.812 bits per heavy atom. The van der Waals surface area contributed by atoms with Crippen molar-refractivity contribution in [2.75, 3.05) is 13.1 Å². The molecule has 0 saturated carbocycles. The van der Waals surface area contributed by atoms with Gasteiger partial charge in [-0.3, -0.25) is 15.0 Å². The second kappa shape index (κ2) is 10.5. The number of hydrazine groups is 1. The molecule has 0 aliphatic carbocycles. The molecule has 0 aliphatic rings. The molecule has 0 radical (unpaired) electrons. The van der Waals surface area contributed by atoms with E-state index >= 15 is 0 Å². The minimum atomic E-state index is -0.707. The second-order valence-electron chi connectivity index (χ2n) is 7.21. The summed E-state index contributed by atoms with van der Waals surface area (Å²) in [4.78, 5) is 27.1. The van der Waals surface area contributed by atoms with Crippen molar-refractivity contribution in [1.29, 1.82) is 0 Å².